The monoisotopic (exact) mass is 638 g/mol. The first-order valence-corrected chi connectivity index (χ1v) is 15.3. The third-order valence-corrected chi connectivity index (χ3v) is 8.03. The lowest BCUT2D eigenvalue weighted by molar-refractivity contribution is 0.0500. The second-order valence-corrected chi connectivity index (χ2v) is 12.7. The number of alkyl carbamates (subject to hydrolysis) is 1. The molecule has 0 saturated carbocycles. The molecule has 0 spiro atoms. The van der Waals surface area contributed by atoms with E-state index in [4.69, 9.17) is 14.9 Å². The molecule has 3 aromatic heterocycles. The molecule has 8 nitrogen and oxygen atoms in total. The van der Waals surface area contributed by atoms with Gasteiger partial charge in [0.25, 0.3) is 0 Å². The summed E-state index contributed by atoms with van der Waals surface area (Å²) in [6, 6.07) is 24.3. The number of fused-ring (bicyclic) bond motifs is 2. The van der Waals surface area contributed by atoms with Crippen LogP contribution in [-0.4, -0.2) is 36.4 Å². The summed E-state index contributed by atoms with van der Waals surface area (Å²) < 4.78 is 8.85. The van der Waals surface area contributed by atoms with E-state index in [1.165, 1.54) is 10.9 Å². The van der Waals surface area contributed by atoms with Crippen molar-refractivity contribution >= 4 is 43.8 Å². The number of nitrogens with one attached hydrogen (secondary N) is 3. The van der Waals surface area contributed by atoms with E-state index >= 15 is 0 Å². The highest BCUT2D eigenvalue weighted by Gasteiger charge is 2.27. The predicted molar refractivity (Wildman–Crippen MR) is 173 cm³/mol. The maximum Gasteiger partial charge on any atom is 0.408 e. The lowest BCUT2D eigenvalue weighted by Gasteiger charge is -2.24. The van der Waals surface area contributed by atoms with Crippen LogP contribution in [0.25, 0.3) is 21.8 Å². The number of H-pyrrole nitrogens is 2. The number of halogens is 1. The largest absolute Gasteiger partial charge is 0.444 e. The number of nitrogens with zero attached hydrogens (tertiary/aromatic N) is 3. The highest BCUT2D eigenvalue weighted by atomic mass is 79.9. The van der Waals surface area contributed by atoms with Crippen molar-refractivity contribution in [3.05, 3.63) is 118 Å². The minimum atomic E-state index is -0.634. The molecule has 1 atom stereocenters. The molecule has 3 N–H and O–H groups in total. The van der Waals surface area contributed by atoms with Crippen molar-refractivity contribution in [1.29, 1.82) is 0 Å². The van der Waals surface area contributed by atoms with Gasteiger partial charge in [0, 0.05) is 51.5 Å². The molecule has 9 heteroatoms. The number of hydrogen-bond acceptors (Lipinski definition) is 4. The number of carbonyl (C=O) groups is 1. The van der Waals surface area contributed by atoms with Crippen molar-refractivity contribution in [1.82, 2.24) is 30.0 Å². The normalized spacial score (nSPS) is 12.6. The molecule has 3 heterocycles. The molecule has 0 saturated heterocycles. The second kappa shape index (κ2) is 12.1. The zero-order valence-corrected chi connectivity index (χ0v) is 26.1. The third-order valence-electron chi connectivity index (χ3n) is 7.50. The Hall–Kier alpha value is -4.37. The van der Waals surface area contributed by atoms with Gasteiger partial charge in [0.15, 0.2) is 5.82 Å². The van der Waals surface area contributed by atoms with Gasteiger partial charge in [0.05, 0.1) is 12.6 Å². The van der Waals surface area contributed by atoms with Gasteiger partial charge in [-0.2, -0.15) is 0 Å². The van der Waals surface area contributed by atoms with Gasteiger partial charge >= 0.3 is 6.09 Å². The summed E-state index contributed by atoms with van der Waals surface area (Å²) in [7, 11) is 0. The Morgan fingerprint density at radius 1 is 0.884 bits per heavy atom. The standard InChI is InChI=1S/C34H35BrN6O2/c1-34(2,3)43-33(42)38-30(18-24-20-37-29-11-7-5-9-27(24)29)32-40-39-31(41(32)21-22-12-15-25(35)16-13-22)17-14-23-19-36-28-10-6-4-8-26(23)28/h4-13,15-16,19-20,30,36-37H,14,17-18,21H2,1-3H3,(H,38,42)/t30-/m1/s1. The summed E-state index contributed by atoms with van der Waals surface area (Å²) in [5, 5.41) is 14.9. The van der Waals surface area contributed by atoms with Gasteiger partial charge in [0.1, 0.15) is 11.4 Å². The Morgan fingerprint density at radius 2 is 1.51 bits per heavy atom. The molecular formula is C34H35BrN6O2. The predicted octanol–water partition coefficient (Wildman–Crippen LogP) is 7.65. The van der Waals surface area contributed by atoms with Crippen LogP contribution in [0.15, 0.2) is 89.7 Å². The summed E-state index contributed by atoms with van der Waals surface area (Å²) >= 11 is 3.55. The van der Waals surface area contributed by atoms with Crippen LogP contribution in [0.2, 0.25) is 0 Å². The fraction of sp³-hybridized carbons (Fsp3) is 0.265. The van der Waals surface area contributed by atoms with Crippen molar-refractivity contribution in [2.45, 2.75) is 58.2 Å². The van der Waals surface area contributed by atoms with Gasteiger partial charge < -0.3 is 24.6 Å². The van der Waals surface area contributed by atoms with Crippen LogP contribution < -0.4 is 5.32 Å². The van der Waals surface area contributed by atoms with Crippen LogP contribution in [0.3, 0.4) is 0 Å². The Morgan fingerprint density at radius 3 is 2.19 bits per heavy atom. The first kappa shape index (κ1) is 28.7. The van der Waals surface area contributed by atoms with Crippen molar-refractivity contribution in [2.24, 2.45) is 0 Å². The van der Waals surface area contributed by atoms with Crippen LogP contribution in [-0.2, 0) is 30.5 Å². The van der Waals surface area contributed by atoms with E-state index in [9.17, 15) is 4.79 Å². The number of ether oxygens (including phenoxy) is 1. The molecule has 0 aliphatic heterocycles. The van der Waals surface area contributed by atoms with Crippen molar-refractivity contribution in [3.8, 4) is 0 Å². The molecule has 0 bridgehead atoms. The van der Waals surface area contributed by atoms with Crippen molar-refractivity contribution in [2.75, 3.05) is 0 Å². The SMILES string of the molecule is CC(C)(C)OC(=O)N[C@H](Cc1c[nH]c2ccccc12)c1nnc(CCc2c[nH]c3ccccc23)n1Cc1ccc(Br)cc1. The number of carbonyl (C=O) groups excluding carboxylic acids is 1. The summed E-state index contributed by atoms with van der Waals surface area (Å²) in [5.74, 6) is 1.55. The maximum absolute atomic E-state index is 13.1. The summed E-state index contributed by atoms with van der Waals surface area (Å²) in [6.07, 6.45) is 5.60. The van der Waals surface area contributed by atoms with Crippen LogP contribution in [0.5, 0.6) is 0 Å². The van der Waals surface area contributed by atoms with E-state index < -0.39 is 17.7 Å². The minimum Gasteiger partial charge on any atom is -0.444 e. The van der Waals surface area contributed by atoms with Gasteiger partial charge in [-0.05, 0) is 68.1 Å². The molecule has 1 amide bonds. The van der Waals surface area contributed by atoms with E-state index in [1.54, 1.807) is 0 Å². The van der Waals surface area contributed by atoms with Gasteiger partial charge in [-0.3, -0.25) is 0 Å². The number of aryl methyl sites for hydroxylation is 2. The maximum atomic E-state index is 13.1. The van der Waals surface area contributed by atoms with Gasteiger partial charge in [-0.25, -0.2) is 4.79 Å². The average molecular weight is 640 g/mol. The Kier molecular flexibility index (Phi) is 8.08. The number of amides is 1. The number of benzene rings is 3. The molecule has 43 heavy (non-hydrogen) atoms. The molecule has 0 aliphatic carbocycles. The Labute approximate surface area is 259 Å². The first-order valence-electron chi connectivity index (χ1n) is 14.5. The lowest BCUT2D eigenvalue weighted by atomic mass is 10.0. The van der Waals surface area contributed by atoms with E-state index in [0.717, 1.165) is 44.3 Å². The highest BCUT2D eigenvalue weighted by Crippen LogP contribution is 2.27. The smallest absolute Gasteiger partial charge is 0.408 e. The van der Waals surface area contributed by atoms with Crippen LogP contribution in [0.1, 0.15) is 55.2 Å². The van der Waals surface area contributed by atoms with E-state index in [2.05, 4.69) is 78.4 Å². The lowest BCUT2D eigenvalue weighted by Crippen LogP contribution is -2.37. The van der Waals surface area contributed by atoms with E-state index in [1.807, 2.05) is 63.4 Å². The molecule has 0 unspecified atom stereocenters. The molecule has 0 radical (unpaired) electrons. The Balaban J connectivity index is 1.37. The van der Waals surface area contributed by atoms with Crippen LogP contribution >= 0.6 is 15.9 Å². The molecule has 220 valence electrons. The van der Waals surface area contributed by atoms with Gasteiger partial charge in [-0.15, -0.1) is 10.2 Å². The first-order chi connectivity index (χ1) is 20.7. The third kappa shape index (κ3) is 6.67. The van der Waals surface area contributed by atoms with Crippen molar-refractivity contribution in [3.63, 3.8) is 0 Å². The summed E-state index contributed by atoms with van der Waals surface area (Å²) in [5.41, 5.74) is 4.96. The number of aromatic amines is 2. The van der Waals surface area contributed by atoms with Crippen LogP contribution in [0.4, 0.5) is 4.79 Å². The number of aromatic nitrogens is 5. The molecule has 6 rings (SSSR count). The fourth-order valence-electron chi connectivity index (χ4n) is 5.50. The minimum absolute atomic E-state index is 0.473. The highest BCUT2D eigenvalue weighted by molar-refractivity contribution is 9.10. The molecular weight excluding hydrogens is 604 g/mol. The number of hydrogen-bond donors (Lipinski definition) is 3. The fourth-order valence-corrected chi connectivity index (χ4v) is 5.76. The second-order valence-electron chi connectivity index (χ2n) is 11.8. The summed E-state index contributed by atoms with van der Waals surface area (Å²) in [6.45, 7) is 6.15. The van der Waals surface area contributed by atoms with E-state index in [0.29, 0.717) is 25.2 Å². The average Bonchev–Trinajstić information content (AvgIpc) is 3.69. The number of para-hydroxylation sites is 2. The molecule has 0 fully saturated rings. The van der Waals surface area contributed by atoms with Gasteiger partial charge in [-0.1, -0.05) is 64.5 Å². The van der Waals surface area contributed by atoms with Crippen LogP contribution in [0, 0.1) is 0 Å². The number of rotatable bonds is 9. The quantitative estimate of drug-likeness (QED) is 0.151. The molecule has 3 aromatic carbocycles. The zero-order chi connectivity index (χ0) is 30.0. The van der Waals surface area contributed by atoms with E-state index in [-0.39, 0.29) is 0 Å². The molecule has 0 aliphatic rings. The summed E-state index contributed by atoms with van der Waals surface area (Å²) in [4.78, 5) is 19.9. The van der Waals surface area contributed by atoms with Crippen molar-refractivity contribution < 1.29 is 9.53 Å². The Bertz CT molecular complexity index is 1860. The molecule has 6 aromatic rings. The zero-order valence-electron chi connectivity index (χ0n) is 24.5. The topological polar surface area (TPSA) is 101 Å². The van der Waals surface area contributed by atoms with Gasteiger partial charge in [0.2, 0.25) is 0 Å².